The monoisotopic (exact) mass is 192 g/mol. The van der Waals surface area contributed by atoms with Crippen LogP contribution < -0.4 is 0 Å². The van der Waals surface area contributed by atoms with E-state index in [9.17, 15) is 5.11 Å². The largest absolute Gasteiger partial charge is 0.393 e. The van der Waals surface area contributed by atoms with Crippen LogP contribution in [0.3, 0.4) is 0 Å². The number of aliphatic hydroxyl groups is 1. The van der Waals surface area contributed by atoms with Gasteiger partial charge in [-0.15, -0.1) is 0 Å². The highest BCUT2D eigenvalue weighted by molar-refractivity contribution is 5.19. The second-order valence-electron chi connectivity index (χ2n) is 3.87. The molecule has 1 heterocycles. The lowest BCUT2D eigenvalue weighted by Gasteiger charge is -2.04. The van der Waals surface area contributed by atoms with Crippen LogP contribution in [0.1, 0.15) is 18.9 Å². The van der Waals surface area contributed by atoms with Crippen molar-refractivity contribution in [3.63, 3.8) is 0 Å². The molecule has 1 aliphatic rings. The molecule has 2 nitrogen and oxygen atoms in total. The molecule has 14 heavy (non-hydrogen) atoms. The topological polar surface area (TPSA) is 32.8 Å². The van der Waals surface area contributed by atoms with Crippen LogP contribution in [-0.2, 0) is 11.2 Å². The molecule has 0 bridgehead atoms. The first-order valence-corrected chi connectivity index (χ1v) is 5.13. The summed E-state index contributed by atoms with van der Waals surface area (Å²) < 4.78 is 5.56. The normalized spacial score (nSPS) is 30.3. The minimum absolute atomic E-state index is 0.140. The van der Waals surface area contributed by atoms with Crippen LogP contribution in [0.4, 0.5) is 0 Å². The van der Waals surface area contributed by atoms with Gasteiger partial charge in [-0.05, 0) is 12.0 Å². The third-order valence-electron chi connectivity index (χ3n) is 3.04. The van der Waals surface area contributed by atoms with Gasteiger partial charge in [0.15, 0.2) is 0 Å². The summed E-state index contributed by atoms with van der Waals surface area (Å²) in [4.78, 5) is 0. The van der Waals surface area contributed by atoms with Gasteiger partial charge in [-0.3, -0.25) is 0 Å². The first-order chi connectivity index (χ1) is 6.80. The van der Waals surface area contributed by atoms with Crippen LogP contribution in [0.5, 0.6) is 0 Å². The van der Waals surface area contributed by atoms with E-state index >= 15 is 0 Å². The fraction of sp³-hybridized carbons (Fsp3) is 0.500. The van der Waals surface area contributed by atoms with Crippen molar-refractivity contribution in [3.05, 3.63) is 35.9 Å². The lowest BCUT2D eigenvalue weighted by molar-refractivity contribution is 0.168. The van der Waals surface area contributed by atoms with Crippen LogP contribution >= 0.6 is 0 Å². The highest BCUT2D eigenvalue weighted by Crippen LogP contribution is 2.41. The van der Waals surface area contributed by atoms with E-state index in [1.54, 1.807) is 0 Å². The van der Waals surface area contributed by atoms with Crippen molar-refractivity contribution in [2.24, 2.45) is 0 Å². The number of rotatable bonds is 4. The van der Waals surface area contributed by atoms with Crippen LogP contribution in [0.25, 0.3) is 0 Å². The van der Waals surface area contributed by atoms with E-state index in [0.29, 0.717) is 0 Å². The van der Waals surface area contributed by atoms with E-state index < -0.39 is 0 Å². The molecule has 1 aromatic carbocycles. The van der Waals surface area contributed by atoms with E-state index in [4.69, 9.17) is 4.74 Å². The van der Waals surface area contributed by atoms with Gasteiger partial charge in [0.25, 0.3) is 0 Å². The molecule has 0 aromatic heterocycles. The summed E-state index contributed by atoms with van der Waals surface area (Å²) in [5.41, 5.74) is 1.04. The van der Waals surface area contributed by atoms with E-state index in [2.05, 4.69) is 19.1 Å². The van der Waals surface area contributed by atoms with Crippen molar-refractivity contribution in [2.45, 2.75) is 31.5 Å². The molecule has 2 atom stereocenters. The van der Waals surface area contributed by atoms with Gasteiger partial charge in [0, 0.05) is 6.42 Å². The van der Waals surface area contributed by atoms with Gasteiger partial charge in [-0.1, -0.05) is 37.3 Å². The first-order valence-electron chi connectivity index (χ1n) is 5.13. The molecular weight excluding hydrogens is 176 g/mol. The predicted octanol–water partition coefficient (Wildman–Crippen LogP) is 1.77. The summed E-state index contributed by atoms with van der Waals surface area (Å²) in [6.45, 7) is 2.20. The molecule has 0 aliphatic carbocycles. The van der Waals surface area contributed by atoms with Crippen LogP contribution in [0.15, 0.2) is 30.3 Å². The number of aliphatic hydroxyl groups excluding tert-OH is 1. The van der Waals surface area contributed by atoms with Crippen LogP contribution in [0, 0.1) is 0 Å². The Balaban J connectivity index is 1.96. The second-order valence-corrected chi connectivity index (χ2v) is 3.87. The minimum atomic E-state index is -0.240. The highest BCUT2D eigenvalue weighted by atomic mass is 16.6. The molecule has 1 fully saturated rings. The average molecular weight is 192 g/mol. The van der Waals surface area contributed by atoms with Crippen molar-refractivity contribution in [1.82, 2.24) is 0 Å². The summed E-state index contributed by atoms with van der Waals surface area (Å²) in [6.07, 6.45) is 2.01. The first kappa shape index (κ1) is 9.69. The zero-order valence-electron chi connectivity index (χ0n) is 8.44. The summed E-state index contributed by atoms with van der Waals surface area (Å²) in [5.74, 6) is 0. The molecule has 0 unspecified atom stereocenters. The molecule has 0 spiro atoms. The zero-order valence-corrected chi connectivity index (χ0v) is 8.44. The van der Waals surface area contributed by atoms with E-state index in [-0.39, 0.29) is 18.3 Å². The molecule has 2 heteroatoms. The molecule has 0 radical (unpaired) electrons. The molecule has 0 saturated carbocycles. The van der Waals surface area contributed by atoms with Crippen molar-refractivity contribution in [2.75, 3.05) is 6.61 Å². The second kappa shape index (κ2) is 3.71. The fourth-order valence-electron chi connectivity index (χ4n) is 1.87. The maximum atomic E-state index is 9.18. The molecule has 1 aliphatic heterocycles. The van der Waals surface area contributed by atoms with Crippen molar-refractivity contribution >= 4 is 0 Å². The average Bonchev–Trinajstić information content (AvgIpc) is 2.94. The minimum Gasteiger partial charge on any atom is -0.393 e. The van der Waals surface area contributed by atoms with E-state index in [1.165, 1.54) is 5.56 Å². The number of hydrogen-bond donors (Lipinski definition) is 1. The van der Waals surface area contributed by atoms with Gasteiger partial charge in [0.1, 0.15) is 5.60 Å². The summed E-state index contributed by atoms with van der Waals surface area (Å²) >= 11 is 0. The lowest BCUT2D eigenvalue weighted by Crippen LogP contribution is -2.20. The molecule has 1 saturated heterocycles. The zero-order chi connectivity index (χ0) is 10.0. The third-order valence-corrected chi connectivity index (χ3v) is 3.04. The van der Waals surface area contributed by atoms with Gasteiger partial charge in [-0.2, -0.15) is 0 Å². The third kappa shape index (κ3) is 1.68. The van der Waals surface area contributed by atoms with E-state index in [1.807, 2.05) is 18.2 Å². The predicted molar refractivity (Wildman–Crippen MR) is 55.1 cm³/mol. The van der Waals surface area contributed by atoms with Crippen LogP contribution in [0.2, 0.25) is 0 Å². The Bertz CT molecular complexity index is 290. The van der Waals surface area contributed by atoms with Crippen molar-refractivity contribution < 1.29 is 9.84 Å². The molecule has 2 rings (SSSR count). The van der Waals surface area contributed by atoms with E-state index in [0.717, 1.165) is 12.8 Å². The van der Waals surface area contributed by atoms with Gasteiger partial charge >= 0.3 is 0 Å². The smallest absolute Gasteiger partial charge is 0.118 e. The Hall–Kier alpha value is -0.860. The molecule has 1 N–H and O–H groups in total. The summed E-state index contributed by atoms with van der Waals surface area (Å²) in [6, 6.07) is 10.3. The summed E-state index contributed by atoms with van der Waals surface area (Å²) in [5, 5.41) is 9.18. The van der Waals surface area contributed by atoms with Crippen LogP contribution in [-0.4, -0.2) is 23.4 Å². The molecule has 76 valence electrons. The quantitative estimate of drug-likeness (QED) is 0.737. The Morgan fingerprint density at radius 1 is 1.36 bits per heavy atom. The Morgan fingerprint density at radius 3 is 2.57 bits per heavy atom. The van der Waals surface area contributed by atoms with Gasteiger partial charge in [0.2, 0.25) is 0 Å². The maximum Gasteiger partial charge on any atom is 0.118 e. The number of benzene rings is 1. The van der Waals surface area contributed by atoms with Gasteiger partial charge in [-0.25, -0.2) is 0 Å². The number of epoxide rings is 1. The number of ether oxygens (including phenoxy) is 1. The van der Waals surface area contributed by atoms with Crippen molar-refractivity contribution in [1.29, 1.82) is 0 Å². The SMILES string of the molecule is CC[C@]1(CO)O[C@@H]1Cc1ccccc1. The highest BCUT2D eigenvalue weighted by Gasteiger charge is 2.53. The van der Waals surface area contributed by atoms with Crippen molar-refractivity contribution in [3.8, 4) is 0 Å². The Labute approximate surface area is 84.5 Å². The Kier molecular flexibility index (Phi) is 2.57. The standard InChI is InChI=1S/C12H16O2/c1-2-12(9-13)11(14-12)8-10-6-4-3-5-7-10/h3-7,11,13H,2,8-9H2,1H3/t11-,12-/m1/s1. The lowest BCUT2D eigenvalue weighted by atomic mass is 9.98. The van der Waals surface area contributed by atoms with Gasteiger partial charge < -0.3 is 9.84 Å². The molecular formula is C12H16O2. The maximum absolute atomic E-state index is 9.18. The van der Waals surface area contributed by atoms with Gasteiger partial charge in [0.05, 0.1) is 12.7 Å². The molecule has 0 amide bonds. The number of hydrogen-bond acceptors (Lipinski definition) is 2. The Morgan fingerprint density at radius 2 is 2.07 bits per heavy atom. The summed E-state index contributed by atoms with van der Waals surface area (Å²) in [7, 11) is 0. The fourth-order valence-corrected chi connectivity index (χ4v) is 1.87. The molecule has 1 aromatic rings.